The van der Waals surface area contributed by atoms with Crippen LogP contribution in [0.15, 0.2) is 45.9 Å². The summed E-state index contributed by atoms with van der Waals surface area (Å²) in [5.74, 6) is 1.78. The van der Waals surface area contributed by atoms with Crippen LogP contribution in [0.2, 0.25) is 0 Å². The number of guanidine groups is 1. The fourth-order valence-electron chi connectivity index (χ4n) is 2.38. The number of nitrogens with one attached hydrogen (secondary N) is 3. The fourth-order valence-corrected chi connectivity index (χ4v) is 3.29. The molecule has 0 unspecified atom stereocenters. The third-order valence-corrected chi connectivity index (χ3v) is 5.34. The number of hydrogen-bond donors (Lipinski definition) is 3. The van der Waals surface area contributed by atoms with Crippen molar-refractivity contribution >= 4 is 40.0 Å². The molecule has 1 aromatic carbocycles. The van der Waals surface area contributed by atoms with Gasteiger partial charge in [-0.15, -0.1) is 24.0 Å². The zero-order valence-electron chi connectivity index (χ0n) is 17.9. The van der Waals surface area contributed by atoms with Gasteiger partial charge in [0.1, 0.15) is 12.3 Å². The number of benzene rings is 1. The Morgan fingerprint density at radius 1 is 1.17 bits per heavy atom. The molecule has 0 aliphatic carbocycles. The molecular formula is C20H32IN5O3S. The van der Waals surface area contributed by atoms with E-state index >= 15 is 0 Å². The average Bonchev–Trinajstić information content (AvgIpc) is 3.15. The fraction of sp³-hybridized carbons (Fsp3) is 0.500. The smallest absolute Gasteiger partial charge is 0.216 e. The first-order valence-corrected chi connectivity index (χ1v) is 11.3. The number of rotatable bonds is 9. The summed E-state index contributed by atoms with van der Waals surface area (Å²) in [6.07, 6.45) is 1.72. The second-order valence-electron chi connectivity index (χ2n) is 7.62. The third-order valence-electron chi connectivity index (χ3n) is 4.01. The second-order valence-corrected chi connectivity index (χ2v) is 9.54. The predicted molar refractivity (Wildman–Crippen MR) is 131 cm³/mol. The van der Waals surface area contributed by atoms with Crippen LogP contribution >= 0.6 is 24.0 Å². The lowest BCUT2D eigenvalue weighted by Gasteiger charge is -2.13. The number of nitrogens with zero attached hydrogens (tertiary/aromatic N) is 2. The molecule has 2 aromatic rings. The van der Waals surface area contributed by atoms with Crippen molar-refractivity contribution in [2.75, 3.05) is 18.8 Å². The van der Waals surface area contributed by atoms with E-state index < -0.39 is 10.0 Å². The summed E-state index contributed by atoms with van der Waals surface area (Å²) >= 11 is 0. The van der Waals surface area contributed by atoms with E-state index in [9.17, 15) is 8.42 Å². The van der Waals surface area contributed by atoms with Gasteiger partial charge in [0.05, 0.1) is 11.9 Å². The van der Waals surface area contributed by atoms with E-state index in [0.29, 0.717) is 18.4 Å². The Hall–Kier alpha value is -1.66. The monoisotopic (exact) mass is 549 g/mol. The topological polar surface area (TPSA) is 109 Å². The Balaban J connectivity index is 0.00000450. The minimum atomic E-state index is -3.40. The van der Waals surface area contributed by atoms with Gasteiger partial charge in [-0.1, -0.05) is 51.1 Å². The van der Waals surface area contributed by atoms with Gasteiger partial charge < -0.3 is 15.1 Å². The SMILES string of the molecule is CCNC(=NCc1ncc(C(C)(C)C)o1)NCCS(=O)(=O)NCc1ccccc1.I. The summed E-state index contributed by atoms with van der Waals surface area (Å²) in [5.41, 5.74) is 0.804. The Morgan fingerprint density at radius 3 is 2.47 bits per heavy atom. The first-order chi connectivity index (χ1) is 13.7. The van der Waals surface area contributed by atoms with Crippen molar-refractivity contribution in [3.63, 3.8) is 0 Å². The molecule has 0 radical (unpaired) electrons. The van der Waals surface area contributed by atoms with Gasteiger partial charge in [-0.2, -0.15) is 0 Å². The molecular weight excluding hydrogens is 517 g/mol. The predicted octanol–water partition coefficient (Wildman–Crippen LogP) is 2.76. The number of oxazole rings is 1. The van der Waals surface area contributed by atoms with Crippen LogP contribution in [0, 0.1) is 0 Å². The summed E-state index contributed by atoms with van der Waals surface area (Å²) < 4.78 is 32.7. The summed E-state index contributed by atoms with van der Waals surface area (Å²) in [6.45, 7) is 9.54. The van der Waals surface area contributed by atoms with Crippen LogP contribution in [0.5, 0.6) is 0 Å². The number of sulfonamides is 1. The Kier molecular flexibility index (Phi) is 10.8. The normalized spacial score (nSPS) is 12.3. The van der Waals surface area contributed by atoms with Crippen LogP contribution in [-0.2, 0) is 28.5 Å². The molecule has 10 heteroatoms. The Bertz CT molecular complexity index is 893. The van der Waals surface area contributed by atoms with Gasteiger partial charge in [0.15, 0.2) is 5.96 Å². The highest BCUT2D eigenvalue weighted by Crippen LogP contribution is 2.22. The molecule has 2 rings (SSSR count). The largest absolute Gasteiger partial charge is 0.443 e. The van der Waals surface area contributed by atoms with Crippen LogP contribution in [0.4, 0.5) is 0 Å². The zero-order valence-corrected chi connectivity index (χ0v) is 21.1. The van der Waals surface area contributed by atoms with E-state index in [1.165, 1.54) is 0 Å². The van der Waals surface area contributed by atoms with Crippen LogP contribution in [-0.4, -0.2) is 38.2 Å². The van der Waals surface area contributed by atoms with Crippen LogP contribution in [0.3, 0.4) is 0 Å². The van der Waals surface area contributed by atoms with Crippen molar-refractivity contribution in [1.82, 2.24) is 20.3 Å². The van der Waals surface area contributed by atoms with Gasteiger partial charge in [-0.05, 0) is 12.5 Å². The van der Waals surface area contributed by atoms with Gasteiger partial charge in [0.2, 0.25) is 15.9 Å². The quantitative estimate of drug-likeness (QED) is 0.252. The lowest BCUT2D eigenvalue weighted by Crippen LogP contribution is -2.41. The molecule has 0 aliphatic rings. The van der Waals surface area contributed by atoms with Crippen molar-refractivity contribution in [3.05, 3.63) is 53.7 Å². The molecule has 0 spiro atoms. The molecule has 0 saturated heterocycles. The molecule has 0 amide bonds. The summed E-state index contributed by atoms with van der Waals surface area (Å²) in [6, 6.07) is 9.41. The lowest BCUT2D eigenvalue weighted by atomic mass is 9.94. The van der Waals surface area contributed by atoms with Crippen LogP contribution in [0.1, 0.15) is 44.9 Å². The summed E-state index contributed by atoms with van der Waals surface area (Å²) in [4.78, 5) is 8.67. The van der Waals surface area contributed by atoms with Crippen molar-refractivity contribution in [2.45, 2.75) is 46.2 Å². The number of halogens is 1. The first kappa shape index (κ1) is 26.4. The number of aliphatic imine (C=N–C) groups is 1. The average molecular weight is 549 g/mol. The highest BCUT2D eigenvalue weighted by molar-refractivity contribution is 14.0. The molecule has 30 heavy (non-hydrogen) atoms. The van der Waals surface area contributed by atoms with E-state index in [1.807, 2.05) is 37.3 Å². The Labute approximate surface area is 196 Å². The molecule has 0 fully saturated rings. The molecule has 168 valence electrons. The second kappa shape index (κ2) is 12.3. The van der Waals surface area contributed by atoms with Gasteiger partial charge in [-0.25, -0.2) is 23.1 Å². The lowest BCUT2D eigenvalue weighted by molar-refractivity contribution is 0.383. The van der Waals surface area contributed by atoms with Crippen molar-refractivity contribution in [3.8, 4) is 0 Å². The van der Waals surface area contributed by atoms with E-state index in [4.69, 9.17) is 4.42 Å². The van der Waals surface area contributed by atoms with Crippen LogP contribution < -0.4 is 15.4 Å². The van der Waals surface area contributed by atoms with E-state index in [0.717, 1.165) is 11.3 Å². The van der Waals surface area contributed by atoms with Crippen molar-refractivity contribution in [1.29, 1.82) is 0 Å². The van der Waals surface area contributed by atoms with Gasteiger partial charge in [-0.3, -0.25) is 0 Å². The molecule has 0 bridgehead atoms. The van der Waals surface area contributed by atoms with Gasteiger partial charge in [0, 0.05) is 25.0 Å². The minimum absolute atomic E-state index is 0. The maximum absolute atomic E-state index is 12.2. The van der Waals surface area contributed by atoms with E-state index in [-0.39, 0.29) is 54.8 Å². The van der Waals surface area contributed by atoms with E-state index in [1.54, 1.807) is 6.20 Å². The highest BCUT2D eigenvalue weighted by Gasteiger charge is 2.19. The molecule has 0 saturated carbocycles. The minimum Gasteiger partial charge on any atom is -0.443 e. The highest BCUT2D eigenvalue weighted by atomic mass is 127. The number of aromatic nitrogens is 1. The molecule has 8 nitrogen and oxygen atoms in total. The van der Waals surface area contributed by atoms with Crippen LogP contribution in [0.25, 0.3) is 0 Å². The molecule has 1 aromatic heterocycles. The molecule has 0 atom stereocenters. The number of hydrogen-bond acceptors (Lipinski definition) is 5. The van der Waals surface area contributed by atoms with Gasteiger partial charge >= 0.3 is 0 Å². The zero-order chi connectivity index (χ0) is 21.3. The maximum atomic E-state index is 12.2. The van der Waals surface area contributed by atoms with Crippen molar-refractivity contribution in [2.24, 2.45) is 4.99 Å². The molecule has 3 N–H and O–H groups in total. The molecule has 0 aliphatic heterocycles. The third kappa shape index (κ3) is 9.43. The standard InChI is InChI=1S/C20H31N5O3S.HI/c1-5-21-19(24-15-18-23-14-17(28-18)20(2,3)4)22-11-12-29(26,27)25-13-16-9-7-6-8-10-16;/h6-10,14,25H,5,11-13,15H2,1-4H3,(H2,21,22,24);1H. The van der Waals surface area contributed by atoms with E-state index in [2.05, 4.69) is 46.1 Å². The summed E-state index contributed by atoms with van der Waals surface area (Å²) in [5, 5.41) is 6.12. The Morgan fingerprint density at radius 2 is 1.87 bits per heavy atom. The maximum Gasteiger partial charge on any atom is 0.216 e. The first-order valence-electron chi connectivity index (χ1n) is 9.68. The van der Waals surface area contributed by atoms with Gasteiger partial charge in [0.25, 0.3) is 0 Å². The molecule has 1 heterocycles. The van der Waals surface area contributed by atoms with Crippen molar-refractivity contribution < 1.29 is 12.8 Å². The summed E-state index contributed by atoms with van der Waals surface area (Å²) in [7, 11) is -3.40.